The molecule has 1 aliphatic carbocycles. The monoisotopic (exact) mass is 210 g/mol. The third-order valence-corrected chi connectivity index (χ3v) is 4.63. The SMILES string of the molecule is Cc1ccsc1C(O)C1(C)CCCC1. The summed E-state index contributed by atoms with van der Waals surface area (Å²) in [6, 6.07) is 2.10. The lowest BCUT2D eigenvalue weighted by atomic mass is 9.81. The molecule has 0 amide bonds. The van der Waals surface area contributed by atoms with Crippen LogP contribution in [0, 0.1) is 12.3 Å². The quantitative estimate of drug-likeness (QED) is 0.789. The third kappa shape index (κ3) is 1.61. The van der Waals surface area contributed by atoms with Gasteiger partial charge in [-0.3, -0.25) is 0 Å². The smallest absolute Gasteiger partial charge is 0.0937 e. The van der Waals surface area contributed by atoms with E-state index in [2.05, 4.69) is 25.3 Å². The highest BCUT2D eigenvalue weighted by Gasteiger charge is 2.37. The second kappa shape index (κ2) is 3.67. The van der Waals surface area contributed by atoms with Crippen molar-refractivity contribution < 1.29 is 5.11 Å². The van der Waals surface area contributed by atoms with E-state index in [4.69, 9.17) is 0 Å². The summed E-state index contributed by atoms with van der Waals surface area (Å²) >= 11 is 1.69. The Bertz CT molecular complexity index is 310. The second-order valence-corrected chi connectivity index (χ2v) is 5.68. The van der Waals surface area contributed by atoms with Crippen molar-refractivity contribution in [1.82, 2.24) is 0 Å². The van der Waals surface area contributed by atoms with Gasteiger partial charge in [-0.2, -0.15) is 0 Å². The number of hydrogen-bond donors (Lipinski definition) is 1. The molecule has 1 aliphatic rings. The van der Waals surface area contributed by atoms with Crippen LogP contribution in [0.1, 0.15) is 49.2 Å². The first-order chi connectivity index (χ1) is 6.63. The molecule has 1 aromatic heterocycles. The Kier molecular flexibility index (Phi) is 2.67. The van der Waals surface area contributed by atoms with E-state index < -0.39 is 0 Å². The summed E-state index contributed by atoms with van der Waals surface area (Å²) in [6.45, 7) is 4.32. The average Bonchev–Trinajstić information content (AvgIpc) is 2.74. The standard InChI is InChI=1S/C12H18OS/c1-9-5-8-14-10(9)11(13)12(2)6-3-4-7-12/h5,8,11,13H,3-4,6-7H2,1-2H3. The predicted molar refractivity (Wildman–Crippen MR) is 60.6 cm³/mol. The Labute approximate surface area is 89.8 Å². The molecule has 1 unspecified atom stereocenters. The average molecular weight is 210 g/mol. The lowest BCUT2D eigenvalue weighted by Gasteiger charge is -2.29. The van der Waals surface area contributed by atoms with Crippen molar-refractivity contribution in [3.8, 4) is 0 Å². The topological polar surface area (TPSA) is 20.2 Å². The highest BCUT2D eigenvalue weighted by molar-refractivity contribution is 7.10. The van der Waals surface area contributed by atoms with Crippen molar-refractivity contribution in [2.24, 2.45) is 5.41 Å². The van der Waals surface area contributed by atoms with Crippen molar-refractivity contribution in [2.75, 3.05) is 0 Å². The lowest BCUT2D eigenvalue weighted by Crippen LogP contribution is -2.21. The van der Waals surface area contributed by atoms with Gasteiger partial charge in [0, 0.05) is 4.88 Å². The maximum atomic E-state index is 10.4. The maximum absolute atomic E-state index is 10.4. The van der Waals surface area contributed by atoms with Crippen LogP contribution >= 0.6 is 11.3 Å². The largest absolute Gasteiger partial charge is 0.387 e. The van der Waals surface area contributed by atoms with Crippen LogP contribution < -0.4 is 0 Å². The summed E-state index contributed by atoms with van der Waals surface area (Å²) in [6.07, 6.45) is 4.65. The van der Waals surface area contributed by atoms with Crippen LogP contribution in [0.15, 0.2) is 11.4 Å². The fourth-order valence-electron chi connectivity index (χ4n) is 2.44. The maximum Gasteiger partial charge on any atom is 0.0937 e. The van der Waals surface area contributed by atoms with Gasteiger partial charge in [-0.05, 0) is 42.2 Å². The number of aliphatic hydroxyl groups is 1. The molecule has 0 aromatic carbocycles. The van der Waals surface area contributed by atoms with Crippen molar-refractivity contribution in [3.05, 3.63) is 21.9 Å². The molecule has 1 saturated carbocycles. The summed E-state index contributed by atoms with van der Waals surface area (Å²) in [7, 11) is 0. The zero-order chi connectivity index (χ0) is 10.2. The Balaban J connectivity index is 2.23. The zero-order valence-corrected chi connectivity index (χ0v) is 9.73. The lowest BCUT2D eigenvalue weighted by molar-refractivity contribution is 0.0433. The Morgan fingerprint density at radius 3 is 2.57 bits per heavy atom. The molecule has 0 saturated heterocycles. The molecule has 1 fully saturated rings. The molecule has 2 rings (SSSR count). The number of thiophene rings is 1. The van der Waals surface area contributed by atoms with Crippen molar-refractivity contribution in [2.45, 2.75) is 45.6 Å². The van der Waals surface area contributed by atoms with Crippen LogP contribution in [-0.2, 0) is 0 Å². The van der Waals surface area contributed by atoms with Gasteiger partial charge >= 0.3 is 0 Å². The molecule has 1 heterocycles. The molecule has 14 heavy (non-hydrogen) atoms. The minimum atomic E-state index is -0.245. The van der Waals surface area contributed by atoms with E-state index in [9.17, 15) is 5.11 Å². The van der Waals surface area contributed by atoms with Crippen LogP contribution in [0.25, 0.3) is 0 Å². The van der Waals surface area contributed by atoms with Gasteiger partial charge in [0.1, 0.15) is 0 Å². The molecule has 1 atom stereocenters. The zero-order valence-electron chi connectivity index (χ0n) is 8.92. The molecule has 0 spiro atoms. The van der Waals surface area contributed by atoms with E-state index in [0.717, 1.165) is 0 Å². The number of hydrogen-bond acceptors (Lipinski definition) is 2. The summed E-state index contributed by atoms with van der Waals surface area (Å²) in [5, 5.41) is 12.4. The first-order valence-electron chi connectivity index (χ1n) is 5.35. The number of aryl methyl sites for hydroxylation is 1. The molecule has 78 valence electrons. The molecule has 1 N–H and O–H groups in total. The van der Waals surface area contributed by atoms with Crippen molar-refractivity contribution in [3.63, 3.8) is 0 Å². The number of aliphatic hydroxyl groups excluding tert-OH is 1. The Morgan fingerprint density at radius 2 is 2.07 bits per heavy atom. The Morgan fingerprint density at radius 1 is 1.43 bits per heavy atom. The van der Waals surface area contributed by atoms with Crippen LogP contribution in [0.3, 0.4) is 0 Å². The fraction of sp³-hybridized carbons (Fsp3) is 0.667. The van der Waals surface area contributed by atoms with Gasteiger partial charge in [0.25, 0.3) is 0 Å². The van der Waals surface area contributed by atoms with Gasteiger partial charge in [0.2, 0.25) is 0 Å². The first-order valence-corrected chi connectivity index (χ1v) is 6.23. The van der Waals surface area contributed by atoms with E-state index in [0.29, 0.717) is 0 Å². The summed E-state index contributed by atoms with van der Waals surface area (Å²) in [5.74, 6) is 0. The molecular formula is C12H18OS. The molecule has 1 nitrogen and oxygen atoms in total. The van der Waals surface area contributed by atoms with Gasteiger partial charge in [0.15, 0.2) is 0 Å². The minimum Gasteiger partial charge on any atom is -0.387 e. The van der Waals surface area contributed by atoms with Gasteiger partial charge < -0.3 is 5.11 Å². The summed E-state index contributed by atoms with van der Waals surface area (Å²) in [5.41, 5.74) is 1.38. The van der Waals surface area contributed by atoms with Gasteiger partial charge in [-0.25, -0.2) is 0 Å². The third-order valence-electron chi connectivity index (χ3n) is 3.56. The Hall–Kier alpha value is -0.340. The first kappa shape index (κ1) is 10.2. The van der Waals surface area contributed by atoms with E-state index in [1.807, 2.05) is 0 Å². The van der Waals surface area contributed by atoms with Crippen LogP contribution in [-0.4, -0.2) is 5.11 Å². The van der Waals surface area contributed by atoms with Crippen molar-refractivity contribution >= 4 is 11.3 Å². The normalized spacial score (nSPS) is 22.5. The molecule has 0 bridgehead atoms. The summed E-state index contributed by atoms with van der Waals surface area (Å²) < 4.78 is 0. The van der Waals surface area contributed by atoms with Gasteiger partial charge in [-0.1, -0.05) is 19.8 Å². The van der Waals surface area contributed by atoms with E-state index >= 15 is 0 Å². The van der Waals surface area contributed by atoms with E-state index in [-0.39, 0.29) is 11.5 Å². The van der Waals surface area contributed by atoms with Crippen LogP contribution in [0.5, 0.6) is 0 Å². The van der Waals surface area contributed by atoms with Crippen molar-refractivity contribution in [1.29, 1.82) is 0 Å². The summed E-state index contributed by atoms with van der Waals surface area (Å²) in [4.78, 5) is 1.18. The molecular weight excluding hydrogens is 192 g/mol. The van der Waals surface area contributed by atoms with Gasteiger partial charge in [-0.15, -0.1) is 11.3 Å². The van der Waals surface area contributed by atoms with E-state index in [1.54, 1.807) is 11.3 Å². The van der Waals surface area contributed by atoms with Crippen LogP contribution in [0.4, 0.5) is 0 Å². The number of rotatable bonds is 2. The highest BCUT2D eigenvalue weighted by Crippen LogP contribution is 2.48. The van der Waals surface area contributed by atoms with E-state index in [1.165, 1.54) is 36.1 Å². The molecule has 1 aromatic rings. The molecule has 2 heteroatoms. The fourth-order valence-corrected chi connectivity index (χ4v) is 3.52. The second-order valence-electron chi connectivity index (χ2n) is 4.73. The predicted octanol–water partition coefficient (Wildman–Crippen LogP) is 3.67. The molecule has 0 radical (unpaired) electrons. The minimum absolute atomic E-state index is 0.135. The highest BCUT2D eigenvalue weighted by atomic mass is 32.1. The van der Waals surface area contributed by atoms with Gasteiger partial charge in [0.05, 0.1) is 6.10 Å². The van der Waals surface area contributed by atoms with Crippen LogP contribution in [0.2, 0.25) is 0 Å². The molecule has 0 aliphatic heterocycles.